The summed E-state index contributed by atoms with van der Waals surface area (Å²) < 4.78 is 33.1. The van der Waals surface area contributed by atoms with E-state index in [0.29, 0.717) is 18.8 Å². The molecule has 1 heterocycles. The van der Waals surface area contributed by atoms with Gasteiger partial charge in [0.25, 0.3) is 6.43 Å². The second-order valence-electron chi connectivity index (χ2n) is 3.02. The second-order valence-corrected chi connectivity index (χ2v) is 3.02. The van der Waals surface area contributed by atoms with Gasteiger partial charge in [0.05, 0.1) is 13.2 Å². The fourth-order valence-electron chi connectivity index (χ4n) is 1.06. The molecule has 0 aliphatic heterocycles. The molecule has 1 aromatic rings. The van der Waals surface area contributed by atoms with E-state index in [1.165, 1.54) is 0 Å². The summed E-state index contributed by atoms with van der Waals surface area (Å²) in [6, 6.07) is 5.13. The van der Waals surface area contributed by atoms with Crippen LogP contribution < -0.4 is 5.32 Å². The van der Waals surface area contributed by atoms with Gasteiger partial charge in [-0.05, 0) is 12.1 Å². The Bertz CT molecular complexity index is 347. The van der Waals surface area contributed by atoms with E-state index < -0.39 is 13.0 Å². The van der Waals surface area contributed by atoms with Crippen molar-refractivity contribution in [2.75, 3.05) is 19.8 Å². The van der Waals surface area contributed by atoms with Gasteiger partial charge in [-0.2, -0.15) is 5.26 Å². The molecule has 16 heavy (non-hydrogen) atoms. The third-order valence-corrected chi connectivity index (χ3v) is 1.74. The highest BCUT2D eigenvalue weighted by Gasteiger charge is 2.02. The highest BCUT2D eigenvalue weighted by Crippen LogP contribution is 2.05. The van der Waals surface area contributed by atoms with Crippen LogP contribution in [0.1, 0.15) is 11.5 Å². The third kappa shape index (κ3) is 4.87. The van der Waals surface area contributed by atoms with Crippen LogP contribution in [0.25, 0.3) is 0 Å². The molecule has 0 bridgehead atoms. The van der Waals surface area contributed by atoms with Gasteiger partial charge in [0, 0.05) is 6.54 Å². The van der Waals surface area contributed by atoms with Crippen LogP contribution >= 0.6 is 0 Å². The van der Waals surface area contributed by atoms with Crippen LogP contribution in [0.4, 0.5) is 8.78 Å². The zero-order valence-corrected chi connectivity index (χ0v) is 8.58. The van der Waals surface area contributed by atoms with Crippen LogP contribution in [-0.2, 0) is 11.3 Å². The number of nitriles is 1. The Kier molecular flexibility index (Phi) is 5.46. The normalized spacial score (nSPS) is 10.6. The largest absolute Gasteiger partial charge is 0.449 e. The standard InChI is InChI=1S/C10H12F2N2O2/c11-10(12)7-15-4-3-14-6-9-2-1-8(5-13)16-9/h1-2,10,14H,3-4,6-7H2. The van der Waals surface area contributed by atoms with E-state index in [4.69, 9.17) is 9.68 Å². The van der Waals surface area contributed by atoms with E-state index in [9.17, 15) is 8.78 Å². The highest BCUT2D eigenvalue weighted by molar-refractivity contribution is 5.18. The van der Waals surface area contributed by atoms with Gasteiger partial charge in [0.1, 0.15) is 18.4 Å². The molecule has 0 aromatic carbocycles. The first-order valence-corrected chi connectivity index (χ1v) is 4.78. The number of furan rings is 1. The van der Waals surface area contributed by atoms with E-state index in [2.05, 4.69) is 10.1 Å². The van der Waals surface area contributed by atoms with Crippen molar-refractivity contribution in [1.29, 1.82) is 5.26 Å². The summed E-state index contributed by atoms with van der Waals surface area (Å²) in [5, 5.41) is 11.4. The zero-order valence-electron chi connectivity index (χ0n) is 8.58. The molecule has 0 amide bonds. The Labute approximate surface area is 91.8 Å². The van der Waals surface area contributed by atoms with E-state index in [1.54, 1.807) is 12.1 Å². The lowest BCUT2D eigenvalue weighted by Gasteiger charge is -2.04. The topological polar surface area (TPSA) is 58.2 Å². The van der Waals surface area contributed by atoms with E-state index >= 15 is 0 Å². The lowest BCUT2D eigenvalue weighted by Crippen LogP contribution is -2.20. The molecule has 0 atom stereocenters. The second kappa shape index (κ2) is 6.93. The predicted molar refractivity (Wildman–Crippen MR) is 52.0 cm³/mol. The van der Waals surface area contributed by atoms with Crippen molar-refractivity contribution in [3.05, 3.63) is 23.7 Å². The lowest BCUT2D eigenvalue weighted by atomic mass is 10.4. The smallest absolute Gasteiger partial charge is 0.261 e. The number of ether oxygens (including phenoxy) is 1. The minimum absolute atomic E-state index is 0.218. The van der Waals surface area contributed by atoms with Crippen LogP contribution in [0.3, 0.4) is 0 Å². The Morgan fingerprint density at radius 3 is 2.94 bits per heavy atom. The van der Waals surface area contributed by atoms with Gasteiger partial charge in [0.15, 0.2) is 0 Å². The first-order valence-electron chi connectivity index (χ1n) is 4.78. The predicted octanol–water partition coefficient (Wildman–Crippen LogP) is 1.52. The third-order valence-electron chi connectivity index (χ3n) is 1.74. The van der Waals surface area contributed by atoms with E-state index in [1.807, 2.05) is 6.07 Å². The van der Waals surface area contributed by atoms with Crippen LogP contribution in [0.5, 0.6) is 0 Å². The van der Waals surface area contributed by atoms with Crippen molar-refractivity contribution in [3.63, 3.8) is 0 Å². The molecule has 1 aromatic heterocycles. The average Bonchev–Trinajstić information content (AvgIpc) is 2.70. The fraction of sp³-hybridized carbons (Fsp3) is 0.500. The van der Waals surface area contributed by atoms with Crippen LogP contribution in [0.2, 0.25) is 0 Å². The minimum Gasteiger partial charge on any atom is -0.449 e. The first kappa shape index (κ1) is 12.6. The molecule has 0 spiro atoms. The number of alkyl halides is 2. The van der Waals surface area contributed by atoms with Gasteiger partial charge in [-0.1, -0.05) is 0 Å². The summed E-state index contributed by atoms with van der Waals surface area (Å²) >= 11 is 0. The van der Waals surface area contributed by atoms with Gasteiger partial charge in [0.2, 0.25) is 5.76 Å². The summed E-state index contributed by atoms with van der Waals surface area (Å²) in [7, 11) is 0. The monoisotopic (exact) mass is 230 g/mol. The van der Waals surface area contributed by atoms with Gasteiger partial charge in [-0.25, -0.2) is 8.78 Å². The quantitative estimate of drug-likeness (QED) is 0.721. The maximum atomic E-state index is 11.7. The summed E-state index contributed by atoms with van der Waals surface area (Å²) in [5.41, 5.74) is 0. The van der Waals surface area contributed by atoms with Crippen LogP contribution in [-0.4, -0.2) is 26.2 Å². The maximum Gasteiger partial charge on any atom is 0.261 e. The zero-order chi connectivity index (χ0) is 11.8. The number of nitrogens with zero attached hydrogens (tertiary/aromatic N) is 1. The average molecular weight is 230 g/mol. The van der Waals surface area contributed by atoms with Crippen molar-refractivity contribution < 1.29 is 17.9 Å². The molecule has 0 saturated carbocycles. The Balaban J connectivity index is 2.05. The summed E-state index contributed by atoms with van der Waals surface area (Å²) in [6.45, 7) is 0.576. The first-order chi connectivity index (χ1) is 7.72. The van der Waals surface area contributed by atoms with Crippen molar-refractivity contribution >= 4 is 0 Å². The van der Waals surface area contributed by atoms with Gasteiger partial charge < -0.3 is 14.5 Å². The fourth-order valence-corrected chi connectivity index (χ4v) is 1.06. The Hall–Kier alpha value is -1.45. The Morgan fingerprint density at radius 1 is 1.50 bits per heavy atom. The SMILES string of the molecule is N#Cc1ccc(CNCCOCC(F)F)o1. The molecular weight excluding hydrogens is 218 g/mol. The van der Waals surface area contributed by atoms with Crippen LogP contribution in [0.15, 0.2) is 16.5 Å². The number of hydrogen-bond donors (Lipinski definition) is 1. The number of nitrogens with one attached hydrogen (secondary N) is 1. The number of halogens is 2. The number of hydrogen-bond acceptors (Lipinski definition) is 4. The Morgan fingerprint density at radius 2 is 2.31 bits per heavy atom. The van der Waals surface area contributed by atoms with Crippen molar-refractivity contribution in [2.45, 2.75) is 13.0 Å². The van der Waals surface area contributed by atoms with E-state index in [-0.39, 0.29) is 12.4 Å². The van der Waals surface area contributed by atoms with Gasteiger partial charge in [-0.15, -0.1) is 0 Å². The van der Waals surface area contributed by atoms with Crippen molar-refractivity contribution in [2.24, 2.45) is 0 Å². The number of rotatable bonds is 7. The maximum absolute atomic E-state index is 11.7. The summed E-state index contributed by atoms with van der Waals surface area (Å²) in [6.07, 6.45) is -2.43. The van der Waals surface area contributed by atoms with Gasteiger partial charge in [-0.3, -0.25) is 0 Å². The molecule has 88 valence electrons. The summed E-state index contributed by atoms with van der Waals surface area (Å²) in [5.74, 6) is 0.885. The molecule has 0 fully saturated rings. The van der Waals surface area contributed by atoms with Crippen LogP contribution in [0, 0.1) is 11.3 Å². The lowest BCUT2D eigenvalue weighted by molar-refractivity contribution is 0.0186. The van der Waals surface area contributed by atoms with Crippen molar-refractivity contribution in [3.8, 4) is 6.07 Å². The molecule has 1 rings (SSSR count). The molecule has 0 aliphatic rings. The molecule has 4 nitrogen and oxygen atoms in total. The van der Waals surface area contributed by atoms with E-state index in [0.717, 1.165) is 0 Å². The van der Waals surface area contributed by atoms with Gasteiger partial charge >= 0.3 is 0 Å². The molecule has 0 saturated heterocycles. The summed E-state index contributed by atoms with van der Waals surface area (Å²) in [4.78, 5) is 0. The molecule has 0 radical (unpaired) electrons. The molecule has 0 unspecified atom stereocenters. The van der Waals surface area contributed by atoms with Crippen molar-refractivity contribution in [1.82, 2.24) is 5.32 Å². The molecule has 6 heteroatoms. The minimum atomic E-state index is -2.43. The molecule has 1 N–H and O–H groups in total. The highest BCUT2D eigenvalue weighted by atomic mass is 19.3. The molecule has 0 aliphatic carbocycles. The molecular formula is C10H12F2N2O2.